The maximum absolute atomic E-state index is 5.57. The van der Waals surface area contributed by atoms with Crippen LogP contribution in [-0.4, -0.2) is 31.6 Å². The zero-order chi connectivity index (χ0) is 6.53. The van der Waals surface area contributed by atoms with Crippen LogP contribution in [0.5, 0.6) is 0 Å². The van der Waals surface area contributed by atoms with E-state index in [0.29, 0.717) is 6.04 Å². The highest BCUT2D eigenvalue weighted by molar-refractivity contribution is 6.17. The molecule has 3 heteroatoms. The zero-order valence-electron chi connectivity index (χ0n) is 5.49. The minimum Gasteiger partial charge on any atom is -0.314 e. The Kier molecular flexibility index (Phi) is 3.33. The number of hydrogen-bond donors (Lipinski definition) is 2. The highest BCUT2D eigenvalue weighted by Crippen LogP contribution is 1.94. The van der Waals surface area contributed by atoms with Gasteiger partial charge in [-0.15, -0.1) is 11.6 Å². The van der Waals surface area contributed by atoms with Crippen molar-refractivity contribution < 1.29 is 0 Å². The van der Waals surface area contributed by atoms with E-state index in [4.69, 9.17) is 11.6 Å². The summed E-state index contributed by atoms with van der Waals surface area (Å²) < 4.78 is 0. The Morgan fingerprint density at radius 3 is 2.89 bits per heavy atom. The number of halogens is 1. The van der Waals surface area contributed by atoms with Gasteiger partial charge in [0.25, 0.3) is 0 Å². The first-order chi connectivity index (χ1) is 4.43. The molecule has 54 valence electrons. The SMILES string of the molecule is ClCCC1CNCCN1. The first kappa shape index (κ1) is 7.32. The van der Waals surface area contributed by atoms with Crippen LogP contribution in [0, 0.1) is 0 Å². The van der Waals surface area contributed by atoms with Crippen molar-refractivity contribution in [1.82, 2.24) is 10.6 Å². The van der Waals surface area contributed by atoms with E-state index in [0.717, 1.165) is 31.9 Å². The Balaban J connectivity index is 2.08. The van der Waals surface area contributed by atoms with Crippen molar-refractivity contribution in [2.75, 3.05) is 25.5 Å². The van der Waals surface area contributed by atoms with Gasteiger partial charge in [-0.2, -0.15) is 0 Å². The molecule has 9 heavy (non-hydrogen) atoms. The lowest BCUT2D eigenvalue weighted by Crippen LogP contribution is -2.48. The van der Waals surface area contributed by atoms with Gasteiger partial charge in [0.15, 0.2) is 0 Å². The molecule has 0 aliphatic carbocycles. The van der Waals surface area contributed by atoms with Crippen molar-refractivity contribution in [3.63, 3.8) is 0 Å². The van der Waals surface area contributed by atoms with E-state index in [1.807, 2.05) is 0 Å². The molecule has 0 spiro atoms. The average molecular weight is 149 g/mol. The van der Waals surface area contributed by atoms with Crippen LogP contribution in [0.1, 0.15) is 6.42 Å². The van der Waals surface area contributed by atoms with Crippen LogP contribution in [0.4, 0.5) is 0 Å². The first-order valence-electron chi connectivity index (χ1n) is 3.43. The predicted octanol–water partition coefficient (Wildman–Crippen LogP) is 0.177. The fourth-order valence-electron chi connectivity index (χ4n) is 1.05. The second-order valence-electron chi connectivity index (χ2n) is 2.33. The van der Waals surface area contributed by atoms with E-state index >= 15 is 0 Å². The molecule has 1 saturated heterocycles. The van der Waals surface area contributed by atoms with Crippen LogP contribution in [-0.2, 0) is 0 Å². The lowest BCUT2D eigenvalue weighted by atomic mass is 10.2. The maximum Gasteiger partial charge on any atom is 0.0238 e. The Labute approximate surface area is 61.0 Å². The van der Waals surface area contributed by atoms with Gasteiger partial charge >= 0.3 is 0 Å². The quantitative estimate of drug-likeness (QED) is 0.546. The fourth-order valence-corrected chi connectivity index (χ4v) is 1.31. The molecule has 1 rings (SSSR count). The Morgan fingerprint density at radius 1 is 1.44 bits per heavy atom. The summed E-state index contributed by atoms with van der Waals surface area (Å²) in [5.41, 5.74) is 0. The molecule has 1 fully saturated rings. The summed E-state index contributed by atoms with van der Waals surface area (Å²) in [6, 6.07) is 0.608. The number of hydrogen-bond acceptors (Lipinski definition) is 2. The van der Waals surface area contributed by atoms with Gasteiger partial charge in [0, 0.05) is 31.6 Å². The summed E-state index contributed by atoms with van der Waals surface area (Å²) in [6.45, 7) is 3.26. The van der Waals surface area contributed by atoms with Gasteiger partial charge in [-0.1, -0.05) is 0 Å². The highest BCUT2D eigenvalue weighted by Gasteiger charge is 2.09. The van der Waals surface area contributed by atoms with Crippen molar-refractivity contribution in [2.24, 2.45) is 0 Å². The normalized spacial score (nSPS) is 28.3. The number of piperazine rings is 1. The van der Waals surface area contributed by atoms with Crippen LogP contribution in [0.3, 0.4) is 0 Å². The third kappa shape index (κ3) is 2.52. The van der Waals surface area contributed by atoms with Gasteiger partial charge in [0.1, 0.15) is 0 Å². The fraction of sp³-hybridized carbons (Fsp3) is 1.00. The minimum atomic E-state index is 0.608. The molecule has 2 N–H and O–H groups in total. The molecule has 0 saturated carbocycles. The zero-order valence-corrected chi connectivity index (χ0v) is 6.25. The van der Waals surface area contributed by atoms with Gasteiger partial charge in [-0.05, 0) is 6.42 Å². The summed E-state index contributed by atoms with van der Waals surface area (Å²) in [4.78, 5) is 0. The third-order valence-corrected chi connectivity index (χ3v) is 1.80. The lowest BCUT2D eigenvalue weighted by Gasteiger charge is -2.23. The van der Waals surface area contributed by atoms with Crippen LogP contribution in [0.2, 0.25) is 0 Å². The molecule has 0 aromatic carbocycles. The van der Waals surface area contributed by atoms with Crippen molar-refractivity contribution >= 4 is 11.6 Å². The van der Waals surface area contributed by atoms with Crippen molar-refractivity contribution in [3.05, 3.63) is 0 Å². The molecule has 0 amide bonds. The topological polar surface area (TPSA) is 24.1 Å². The molecular formula is C6H13ClN2. The molecule has 0 aromatic rings. The minimum absolute atomic E-state index is 0.608. The van der Waals surface area contributed by atoms with Crippen LogP contribution >= 0.6 is 11.6 Å². The third-order valence-electron chi connectivity index (χ3n) is 1.58. The lowest BCUT2D eigenvalue weighted by molar-refractivity contribution is 0.411. The number of alkyl halides is 1. The van der Waals surface area contributed by atoms with Crippen LogP contribution in [0.25, 0.3) is 0 Å². The molecule has 1 aliphatic rings. The van der Waals surface area contributed by atoms with Crippen molar-refractivity contribution in [3.8, 4) is 0 Å². The average Bonchev–Trinajstić information content (AvgIpc) is 1.91. The molecule has 0 aromatic heterocycles. The van der Waals surface area contributed by atoms with Gasteiger partial charge in [-0.25, -0.2) is 0 Å². The van der Waals surface area contributed by atoms with E-state index in [-0.39, 0.29) is 0 Å². The van der Waals surface area contributed by atoms with E-state index < -0.39 is 0 Å². The smallest absolute Gasteiger partial charge is 0.0238 e. The summed E-state index contributed by atoms with van der Waals surface area (Å²) in [6.07, 6.45) is 1.08. The number of rotatable bonds is 2. The molecule has 2 nitrogen and oxygen atoms in total. The van der Waals surface area contributed by atoms with Gasteiger partial charge in [0.2, 0.25) is 0 Å². The molecule has 1 heterocycles. The molecule has 0 radical (unpaired) electrons. The highest BCUT2D eigenvalue weighted by atomic mass is 35.5. The Hall–Kier alpha value is 0.210. The number of nitrogens with one attached hydrogen (secondary N) is 2. The first-order valence-corrected chi connectivity index (χ1v) is 3.97. The molecule has 1 atom stereocenters. The van der Waals surface area contributed by atoms with Crippen molar-refractivity contribution in [2.45, 2.75) is 12.5 Å². The molecule has 0 bridgehead atoms. The summed E-state index contributed by atoms with van der Waals surface area (Å²) in [5, 5.41) is 6.67. The second kappa shape index (κ2) is 4.09. The van der Waals surface area contributed by atoms with E-state index in [9.17, 15) is 0 Å². The van der Waals surface area contributed by atoms with Gasteiger partial charge in [0.05, 0.1) is 0 Å². The van der Waals surface area contributed by atoms with E-state index in [1.54, 1.807) is 0 Å². The molecular weight excluding hydrogens is 136 g/mol. The summed E-state index contributed by atoms with van der Waals surface area (Å²) in [5.74, 6) is 0.763. The van der Waals surface area contributed by atoms with Crippen LogP contribution < -0.4 is 10.6 Å². The van der Waals surface area contributed by atoms with Crippen molar-refractivity contribution in [1.29, 1.82) is 0 Å². The van der Waals surface area contributed by atoms with E-state index in [1.165, 1.54) is 0 Å². The molecule has 1 unspecified atom stereocenters. The Morgan fingerprint density at radius 2 is 2.33 bits per heavy atom. The monoisotopic (exact) mass is 148 g/mol. The second-order valence-corrected chi connectivity index (χ2v) is 2.71. The van der Waals surface area contributed by atoms with Gasteiger partial charge < -0.3 is 10.6 Å². The molecule has 1 aliphatic heterocycles. The van der Waals surface area contributed by atoms with E-state index in [2.05, 4.69) is 10.6 Å². The maximum atomic E-state index is 5.57. The Bertz CT molecular complexity index is 68.7. The van der Waals surface area contributed by atoms with Gasteiger partial charge in [-0.3, -0.25) is 0 Å². The van der Waals surface area contributed by atoms with Crippen LogP contribution in [0.15, 0.2) is 0 Å². The summed E-state index contributed by atoms with van der Waals surface area (Å²) >= 11 is 5.57. The summed E-state index contributed by atoms with van der Waals surface area (Å²) in [7, 11) is 0. The largest absolute Gasteiger partial charge is 0.314 e. The predicted molar refractivity (Wildman–Crippen MR) is 40.0 cm³/mol. The standard InChI is InChI=1S/C6H13ClN2/c7-2-1-6-5-8-3-4-9-6/h6,8-9H,1-5H2.